The fraction of sp³-hybridized carbons (Fsp3) is 0.830. The number of aliphatic hydroxyl groups excluding tert-OH is 5. The number of nitrogens with one attached hydrogen (secondary N) is 1. The van der Waals surface area contributed by atoms with Crippen molar-refractivity contribution in [3.05, 3.63) is 48.6 Å². The largest absolute Gasteiger partial charge is 0.394 e. The van der Waals surface area contributed by atoms with Gasteiger partial charge in [-0.3, -0.25) is 4.79 Å². The van der Waals surface area contributed by atoms with Gasteiger partial charge in [-0.2, -0.15) is 0 Å². The number of carbonyl (C=O) groups excluding carboxylic acids is 1. The number of carbonyl (C=O) groups is 1. The second-order valence-electron chi connectivity index (χ2n) is 18.0. The Balaban J connectivity index is 2.32. The van der Waals surface area contributed by atoms with Gasteiger partial charge in [-0.1, -0.05) is 204 Å². The molecule has 1 aliphatic heterocycles. The Bertz CT molecular complexity index is 1110. The highest BCUT2D eigenvalue weighted by atomic mass is 16.7. The first-order chi connectivity index (χ1) is 30.3. The summed E-state index contributed by atoms with van der Waals surface area (Å²) < 4.78 is 11.2. The minimum atomic E-state index is -1.57. The van der Waals surface area contributed by atoms with E-state index < -0.39 is 49.5 Å². The molecule has 1 aliphatic rings. The molecule has 0 bridgehead atoms. The van der Waals surface area contributed by atoms with E-state index in [1.807, 2.05) is 6.08 Å². The van der Waals surface area contributed by atoms with Crippen LogP contribution in [0.15, 0.2) is 48.6 Å². The number of unbranched alkanes of at least 4 members (excludes halogenated alkanes) is 27. The number of rotatable bonds is 43. The van der Waals surface area contributed by atoms with Gasteiger partial charge in [-0.25, -0.2) is 0 Å². The van der Waals surface area contributed by atoms with Crippen molar-refractivity contribution in [3.8, 4) is 0 Å². The van der Waals surface area contributed by atoms with Crippen LogP contribution in [-0.2, 0) is 14.3 Å². The van der Waals surface area contributed by atoms with Crippen LogP contribution in [0.4, 0.5) is 0 Å². The first-order valence-electron chi connectivity index (χ1n) is 25.9. The summed E-state index contributed by atoms with van der Waals surface area (Å²) in [5.74, 6) is -0.195. The summed E-state index contributed by atoms with van der Waals surface area (Å²) >= 11 is 0. The van der Waals surface area contributed by atoms with E-state index in [1.54, 1.807) is 6.08 Å². The predicted molar refractivity (Wildman–Crippen MR) is 258 cm³/mol. The van der Waals surface area contributed by atoms with E-state index in [-0.39, 0.29) is 12.5 Å². The summed E-state index contributed by atoms with van der Waals surface area (Å²) in [6.45, 7) is 3.74. The third-order valence-electron chi connectivity index (χ3n) is 12.1. The number of hydrogen-bond acceptors (Lipinski definition) is 8. The van der Waals surface area contributed by atoms with Crippen molar-refractivity contribution in [1.29, 1.82) is 0 Å². The van der Waals surface area contributed by atoms with Gasteiger partial charge in [0.1, 0.15) is 24.4 Å². The summed E-state index contributed by atoms with van der Waals surface area (Å²) in [6.07, 6.45) is 48.7. The van der Waals surface area contributed by atoms with E-state index in [0.717, 1.165) is 57.8 Å². The van der Waals surface area contributed by atoms with E-state index in [2.05, 4.69) is 55.6 Å². The highest BCUT2D eigenvalue weighted by Crippen LogP contribution is 2.23. The van der Waals surface area contributed by atoms with E-state index in [0.29, 0.717) is 6.42 Å². The molecule has 0 radical (unpaired) electrons. The summed E-state index contributed by atoms with van der Waals surface area (Å²) in [7, 11) is 0. The van der Waals surface area contributed by atoms with E-state index >= 15 is 0 Å². The van der Waals surface area contributed by atoms with Crippen LogP contribution in [0.2, 0.25) is 0 Å². The van der Waals surface area contributed by atoms with Crippen LogP contribution < -0.4 is 5.32 Å². The van der Waals surface area contributed by atoms with E-state index in [1.165, 1.54) is 148 Å². The standard InChI is InChI=1S/C53H97NO8/c1-3-5-7-9-11-13-15-17-19-21-22-23-24-25-27-28-30-32-34-36-38-40-42-47(56)46(45-61-53-52(60)51(59)50(58)48(44-55)62-53)54-49(57)43-41-39-37-35-33-31-29-26-20-18-16-14-12-10-8-6-4-2/h12,14,18,20,32,34,40,42,46-48,50-53,55-56,58-60H,3-11,13,15-17,19,21-31,33,35-39,41,43-45H2,1-2H3,(H,54,57)/b14-12-,20-18-,34-32+,42-40+. The van der Waals surface area contributed by atoms with Crippen LogP contribution in [0.25, 0.3) is 0 Å². The van der Waals surface area contributed by atoms with Gasteiger partial charge in [0.05, 0.1) is 25.4 Å². The molecular formula is C53H97NO8. The first kappa shape index (κ1) is 58.2. The quantitative estimate of drug-likeness (QED) is 0.0262. The lowest BCUT2D eigenvalue weighted by atomic mass is 9.99. The molecule has 0 spiro atoms. The highest BCUT2D eigenvalue weighted by molar-refractivity contribution is 5.76. The van der Waals surface area contributed by atoms with E-state index in [4.69, 9.17) is 9.47 Å². The first-order valence-corrected chi connectivity index (χ1v) is 25.9. The third-order valence-corrected chi connectivity index (χ3v) is 12.1. The second kappa shape index (κ2) is 43.1. The van der Waals surface area contributed by atoms with Crippen LogP contribution in [-0.4, -0.2) is 87.5 Å². The minimum absolute atomic E-state index is 0.195. The molecule has 0 aromatic heterocycles. The van der Waals surface area contributed by atoms with Crippen LogP contribution in [0.3, 0.4) is 0 Å². The fourth-order valence-electron chi connectivity index (χ4n) is 7.97. The number of ether oxygens (including phenoxy) is 2. The van der Waals surface area contributed by atoms with Crippen LogP contribution in [0.1, 0.15) is 226 Å². The normalized spacial score (nSPS) is 20.7. The topological polar surface area (TPSA) is 149 Å². The van der Waals surface area contributed by atoms with Gasteiger partial charge in [-0.15, -0.1) is 0 Å². The molecule has 1 heterocycles. The summed E-state index contributed by atoms with van der Waals surface area (Å²) in [4.78, 5) is 13.0. The average Bonchev–Trinajstić information content (AvgIpc) is 3.27. The molecule has 0 aromatic carbocycles. The summed E-state index contributed by atoms with van der Waals surface area (Å²) in [6, 6.07) is -0.826. The SMILES string of the molecule is CCCCC/C=C\C/C=C\CCCCCCCCCC(=O)NC(COC1OC(CO)C(O)C(O)C1O)C(O)/C=C/CC/C=C/CCCCCCCCCCCCCCCCCC. The molecule has 0 saturated carbocycles. The molecule has 9 nitrogen and oxygen atoms in total. The van der Waals surface area contributed by atoms with Gasteiger partial charge in [0.15, 0.2) is 6.29 Å². The molecule has 6 N–H and O–H groups in total. The Kier molecular flexibility index (Phi) is 40.4. The summed E-state index contributed by atoms with van der Waals surface area (Å²) in [5, 5.41) is 54.3. The molecule has 1 rings (SSSR count). The molecular weight excluding hydrogens is 779 g/mol. The molecule has 9 heteroatoms. The monoisotopic (exact) mass is 876 g/mol. The zero-order chi connectivity index (χ0) is 45.1. The maximum Gasteiger partial charge on any atom is 0.220 e. The molecule has 0 aliphatic carbocycles. The zero-order valence-corrected chi connectivity index (χ0v) is 39.9. The summed E-state index contributed by atoms with van der Waals surface area (Å²) in [5.41, 5.74) is 0. The van der Waals surface area contributed by atoms with Gasteiger partial charge in [0.25, 0.3) is 0 Å². The molecule has 7 atom stereocenters. The Morgan fingerprint density at radius 2 is 0.968 bits per heavy atom. The number of hydrogen-bond donors (Lipinski definition) is 6. The Morgan fingerprint density at radius 3 is 1.48 bits per heavy atom. The van der Waals surface area contributed by atoms with Crippen LogP contribution in [0.5, 0.6) is 0 Å². The average molecular weight is 876 g/mol. The number of amides is 1. The molecule has 7 unspecified atom stereocenters. The number of aliphatic hydroxyl groups is 5. The molecule has 1 saturated heterocycles. The zero-order valence-electron chi connectivity index (χ0n) is 39.9. The lowest BCUT2D eigenvalue weighted by molar-refractivity contribution is -0.302. The van der Waals surface area contributed by atoms with Crippen LogP contribution in [0, 0.1) is 0 Å². The fourth-order valence-corrected chi connectivity index (χ4v) is 7.97. The maximum absolute atomic E-state index is 13.0. The van der Waals surface area contributed by atoms with Gasteiger partial charge in [-0.05, 0) is 64.2 Å². The van der Waals surface area contributed by atoms with Crippen LogP contribution >= 0.6 is 0 Å². The highest BCUT2D eigenvalue weighted by Gasteiger charge is 2.44. The Hall–Kier alpha value is -1.85. The Labute approximate surface area is 380 Å². The van der Waals surface area contributed by atoms with Crippen molar-refractivity contribution in [2.75, 3.05) is 13.2 Å². The predicted octanol–water partition coefficient (Wildman–Crippen LogP) is 11.8. The second-order valence-corrected chi connectivity index (χ2v) is 18.0. The van der Waals surface area contributed by atoms with Gasteiger partial charge >= 0.3 is 0 Å². The van der Waals surface area contributed by atoms with E-state index in [9.17, 15) is 30.3 Å². The van der Waals surface area contributed by atoms with Crippen molar-refractivity contribution in [1.82, 2.24) is 5.32 Å². The lowest BCUT2D eigenvalue weighted by Crippen LogP contribution is -2.60. The lowest BCUT2D eigenvalue weighted by Gasteiger charge is -2.40. The van der Waals surface area contributed by atoms with Crippen molar-refractivity contribution in [2.24, 2.45) is 0 Å². The molecule has 1 amide bonds. The molecule has 0 aromatic rings. The van der Waals surface area contributed by atoms with Gasteiger partial charge < -0.3 is 40.3 Å². The van der Waals surface area contributed by atoms with Gasteiger partial charge in [0.2, 0.25) is 5.91 Å². The van der Waals surface area contributed by atoms with Crippen molar-refractivity contribution in [3.63, 3.8) is 0 Å². The van der Waals surface area contributed by atoms with Gasteiger partial charge in [0, 0.05) is 6.42 Å². The minimum Gasteiger partial charge on any atom is -0.394 e. The molecule has 362 valence electrons. The molecule has 62 heavy (non-hydrogen) atoms. The number of allylic oxidation sites excluding steroid dienone is 7. The van der Waals surface area contributed by atoms with Crippen molar-refractivity contribution >= 4 is 5.91 Å². The van der Waals surface area contributed by atoms with Crippen molar-refractivity contribution < 1.29 is 39.8 Å². The smallest absolute Gasteiger partial charge is 0.220 e. The molecule has 1 fully saturated rings. The van der Waals surface area contributed by atoms with Crippen molar-refractivity contribution in [2.45, 2.75) is 269 Å². The maximum atomic E-state index is 13.0. The third kappa shape index (κ3) is 32.8. The Morgan fingerprint density at radius 1 is 0.548 bits per heavy atom.